The van der Waals surface area contributed by atoms with Crippen LogP contribution in [0.25, 0.3) is 6.08 Å². The number of methoxy groups -OCH3 is 4. The zero-order chi connectivity index (χ0) is 39.0. The van der Waals surface area contributed by atoms with E-state index in [1.54, 1.807) is 24.3 Å². The molecular weight excluding hydrogens is 712 g/mol. The molecule has 0 amide bonds. The van der Waals surface area contributed by atoms with Crippen molar-refractivity contribution in [1.82, 2.24) is 0 Å². The van der Waals surface area contributed by atoms with Crippen molar-refractivity contribution < 1.29 is 93.7 Å². The van der Waals surface area contributed by atoms with Crippen molar-refractivity contribution in [2.75, 3.05) is 54.9 Å². The second kappa shape index (κ2) is 19.2. The molecule has 10 N–H and O–H groups in total. The highest BCUT2D eigenvalue weighted by Gasteiger charge is 2.47. The van der Waals surface area contributed by atoms with E-state index in [0.29, 0.717) is 5.56 Å². The SMILES string of the molecule is COc1cc([C@H](O[C@@H]2O[C@H](CO)[C@@H](O)[C@H](O)[C@H]2O)[C@@H](CO)Oc2c(OC)cc(C=CCO[C@@H]3O[C@H](CO)[C@@H](O)[C@H](O)[C@H]3O)cc2OC)cc(OC)c1O. The monoisotopic (exact) mass is 760 g/mol. The predicted molar refractivity (Wildman–Crippen MR) is 179 cm³/mol. The van der Waals surface area contributed by atoms with Crippen molar-refractivity contribution in [1.29, 1.82) is 0 Å². The predicted octanol–water partition coefficient (Wildman–Crippen LogP) is -2.45. The van der Waals surface area contributed by atoms with Crippen molar-refractivity contribution in [3.05, 3.63) is 41.5 Å². The molecule has 0 unspecified atom stereocenters. The fourth-order valence-electron chi connectivity index (χ4n) is 5.78. The average Bonchev–Trinajstić information content (AvgIpc) is 3.17. The van der Waals surface area contributed by atoms with Crippen molar-refractivity contribution in [3.63, 3.8) is 0 Å². The van der Waals surface area contributed by atoms with Crippen LogP contribution in [0.5, 0.6) is 34.5 Å². The Morgan fingerprint density at radius 1 is 0.660 bits per heavy atom. The molecule has 4 rings (SSSR count). The Kier molecular flexibility index (Phi) is 15.3. The third-order valence-corrected chi connectivity index (χ3v) is 8.75. The highest BCUT2D eigenvalue weighted by molar-refractivity contribution is 5.62. The summed E-state index contributed by atoms with van der Waals surface area (Å²) in [6, 6.07) is 5.81. The van der Waals surface area contributed by atoms with Crippen molar-refractivity contribution in [3.8, 4) is 34.5 Å². The van der Waals surface area contributed by atoms with E-state index in [9.17, 15) is 51.1 Å². The molecule has 2 aliphatic rings. The van der Waals surface area contributed by atoms with E-state index in [2.05, 4.69) is 0 Å². The van der Waals surface area contributed by atoms with Crippen LogP contribution in [0.3, 0.4) is 0 Å². The van der Waals surface area contributed by atoms with Gasteiger partial charge in [-0.3, -0.25) is 0 Å². The van der Waals surface area contributed by atoms with E-state index >= 15 is 0 Å². The Hall–Kier alpha value is -3.54. The summed E-state index contributed by atoms with van der Waals surface area (Å²) in [5.74, 6) is -0.240. The van der Waals surface area contributed by atoms with E-state index in [1.165, 1.54) is 40.6 Å². The third-order valence-electron chi connectivity index (χ3n) is 8.75. The summed E-state index contributed by atoms with van der Waals surface area (Å²) in [6.07, 6.45) is -15.1. The van der Waals surface area contributed by atoms with E-state index in [4.69, 9.17) is 42.6 Å². The van der Waals surface area contributed by atoms with Gasteiger partial charge in [0.2, 0.25) is 11.5 Å². The van der Waals surface area contributed by atoms with Gasteiger partial charge in [-0.25, -0.2) is 0 Å². The molecule has 2 fully saturated rings. The molecule has 2 aromatic rings. The minimum absolute atomic E-state index is 0.0103. The molecule has 0 radical (unpaired) electrons. The molecule has 0 saturated carbocycles. The fraction of sp³-hybridized carbons (Fsp3) is 0.588. The molecular formula is C34H48O19. The molecule has 19 nitrogen and oxygen atoms in total. The Labute approximate surface area is 304 Å². The maximum atomic E-state index is 10.8. The molecule has 0 aliphatic carbocycles. The van der Waals surface area contributed by atoms with Gasteiger partial charge in [-0.1, -0.05) is 12.2 Å². The number of ether oxygens (including phenoxy) is 9. The first-order valence-corrected chi connectivity index (χ1v) is 16.4. The number of hydrogen-bond acceptors (Lipinski definition) is 19. The molecule has 298 valence electrons. The van der Waals surface area contributed by atoms with Crippen LogP contribution in [-0.4, -0.2) is 173 Å². The summed E-state index contributed by atoms with van der Waals surface area (Å²) in [4.78, 5) is 0. The first-order chi connectivity index (χ1) is 25.4. The van der Waals surface area contributed by atoms with Gasteiger partial charge < -0.3 is 93.7 Å². The molecule has 0 bridgehead atoms. The van der Waals surface area contributed by atoms with Gasteiger partial charge >= 0.3 is 0 Å². The molecule has 12 atom stereocenters. The van der Waals surface area contributed by atoms with E-state index in [-0.39, 0.29) is 46.7 Å². The number of phenols is 1. The minimum atomic E-state index is -1.82. The van der Waals surface area contributed by atoms with Crippen molar-refractivity contribution >= 4 is 6.08 Å². The zero-order valence-electron chi connectivity index (χ0n) is 29.4. The van der Waals surface area contributed by atoms with Gasteiger partial charge in [-0.15, -0.1) is 0 Å². The van der Waals surface area contributed by atoms with Gasteiger partial charge in [0.1, 0.15) is 54.9 Å². The standard InChI is InChI=1S/C34H48O19/c1-45-17-10-16(11-18(46-2)24(17)38)31(53-34-30(44)28(42)26(40)22(13-36)52-34)23(14-37)50-32-19(47-3)8-15(9-20(32)48-4)6-5-7-49-33-29(43)27(41)25(39)21(12-35)51-33/h5-6,8-11,21-23,25-31,33-44H,7,12-14H2,1-4H3/t21-,22-,23-,25-,26-,27+,28+,29-,30-,31+,33-,34+/m1/s1. The van der Waals surface area contributed by atoms with Crippen LogP contribution in [-0.2, 0) is 18.9 Å². The number of aliphatic hydroxyl groups excluding tert-OH is 9. The normalized spacial score (nSPS) is 30.1. The lowest BCUT2D eigenvalue weighted by Gasteiger charge is -2.41. The molecule has 2 saturated heterocycles. The smallest absolute Gasteiger partial charge is 0.204 e. The highest BCUT2D eigenvalue weighted by Crippen LogP contribution is 2.44. The lowest BCUT2D eigenvalue weighted by atomic mass is 9.98. The number of hydrogen-bond donors (Lipinski definition) is 10. The fourth-order valence-corrected chi connectivity index (χ4v) is 5.78. The van der Waals surface area contributed by atoms with Crippen LogP contribution in [0.1, 0.15) is 17.2 Å². The average molecular weight is 761 g/mol. The van der Waals surface area contributed by atoms with Crippen molar-refractivity contribution in [2.24, 2.45) is 0 Å². The first kappa shape index (κ1) is 42.2. The Morgan fingerprint density at radius 2 is 1.15 bits per heavy atom. The maximum Gasteiger partial charge on any atom is 0.204 e. The summed E-state index contributed by atoms with van der Waals surface area (Å²) >= 11 is 0. The minimum Gasteiger partial charge on any atom is -0.502 e. The van der Waals surface area contributed by atoms with E-state index in [1.807, 2.05) is 0 Å². The summed E-state index contributed by atoms with van der Waals surface area (Å²) in [7, 11) is 5.28. The molecule has 53 heavy (non-hydrogen) atoms. The molecule has 2 aromatic carbocycles. The quantitative estimate of drug-likeness (QED) is 0.0801. The van der Waals surface area contributed by atoms with Crippen LogP contribution in [0, 0.1) is 0 Å². The first-order valence-electron chi connectivity index (χ1n) is 16.4. The Bertz CT molecular complexity index is 1440. The number of phenolic OH excluding ortho intramolecular Hbond substituents is 1. The summed E-state index contributed by atoms with van der Waals surface area (Å²) in [6.45, 7) is -2.22. The third kappa shape index (κ3) is 9.41. The number of benzene rings is 2. The van der Waals surface area contributed by atoms with Crippen molar-refractivity contribution in [2.45, 2.75) is 73.6 Å². The second-order valence-electron chi connectivity index (χ2n) is 12.1. The number of rotatable bonds is 17. The lowest BCUT2D eigenvalue weighted by Crippen LogP contribution is -2.59. The van der Waals surface area contributed by atoms with Gasteiger partial charge in [-0.2, -0.15) is 0 Å². The topological polar surface area (TPSA) is 285 Å². The lowest BCUT2D eigenvalue weighted by molar-refractivity contribution is -0.318. The van der Waals surface area contributed by atoms with Crippen LogP contribution in [0.15, 0.2) is 30.3 Å². The van der Waals surface area contributed by atoms with Crippen LogP contribution in [0.2, 0.25) is 0 Å². The van der Waals surface area contributed by atoms with Crippen LogP contribution in [0.4, 0.5) is 0 Å². The van der Waals surface area contributed by atoms with Gasteiger partial charge in [-0.05, 0) is 35.4 Å². The zero-order valence-corrected chi connectivity index (χ0v) is 29.4. The number of aliphatic hydroxyl groups is 9. The summed E-state index contributed by atoms with van der Waals surface area (Å²) in [5, 5.41) is 102. The van der Waals surface area contributed by atoms with Crippen LogP contribution >= 0.6 is 0 Å². The van der Waals surface area contributed by atoms with Crippen LogP contribution < -0.4 is 23.7 Å². The number of aromatic hydroxyl groups is 1. The van der Waals surface area contributed by atoms with E-state index in [0.717, 1.165) is 0 Å². The Morgan fingerprint density at radius 3 is 1.62 bits per heavy atom. The summed E-state index contributed by atoms with van der Waals surface area (Å²) < 4.78 is 50.5. The Balaban J connectivity index is 1.64. The molecule has 19 heteroatoms. The summed E-state index contributed by atoms with van der Waals surface area (Å²) in [5.41, 5.74) is 0.676. The highest BCUT2D eigenvalue weighted by atomic mass is 16.7. The molecule has 0 spiro atoms. The maximum absolute atomic E-state index is 10.8. The van der Waals surface area contributed by atoms with Gasteiger partial charge in [0.15, 0.2) is 41.7 Å². The van der Waals surface area contributed by atoms with Gasteiger partial charge in [0.05, 0.1) is 54.9 Å². The molecule has 0 aromatic heterocycles. The van der Waals surface area contributed by atoms with E-state index < -0.39 is 93.4 Å². The van der Waals surface area contributed by atoms with Gasteiger partial charge in [0, 0.05) is 0 Å². The molecule has 2 aliphatic heterocycles. The second-order valence-corrected chi connectivity index (χ2v) is 12.1. The largest absolute Gasteiger partial charge is 0.502 e. The van der Waals surface area contributed by atoms with Gasteiger partial charge in [0.25, 0.3) is 0 Å². The molecule has 2 heterocycles.